The van der Waals surface area contributed by atoms with E-state index in [0.29, 0.717) is 28.3 Å². The van der Waals surface area contributed by atoms with Gasteiger partial charge in [0.05, 0.1) is 28.9 Å². The molecule has 172 valence electrons. The van der Waals surface area contributed by atoms with Crippen molar-refractivity contribution in [3.8, 4) is 11.5 Å². The van der Waals surface area contributed by atoms with Gasteiger partial charge in [0, 0.05) is 11.1 Å². The Morgan fingerprint density at radius 3 is 2.55 bits per heavy atom. The van der Waals surface area contributed by atoms with Gasteiger partial charge in [-0.1, -0.05) is 11.3 Å². The van der Waals surface area contributed by atoms with Gasteiger partial charge in [0.25, 0.3) is 0 Å². The van der Waals surface area contributed by atoms with E-state index < -0.39 is 6.36 Å². The number of alkyl halides is 3. The van der Waals surface area contributed by atoms with Gasteiger partial charge in [0.2, 0.25) is 5.91 Å². The van der Waals surface area contributed by atoms with E-state index in [4.69, 9.17) is 4.74 Å². The van der Waals surface area contributed by atoms with Crippen molar-refractivity contribution in [1.82, 2.24) is 9.97 Å². The minimum atomic E-state index is -4.74. The summed E-state index contributed by atoms with van der Waals surface area (Å²) >= 11 is 2.63. The van der Waals surface area contributed by atoms with Crippen LogP contribution in [0.3, 0.4) is 0 Å². The second-order valence-corrected chi connectivity index (χ2v) is 8.54. The number of carbonyl (C=O) groups excluding carboxylic acids is 1. The lowest BCUT2D eigenvalue weighted by Crippen LogP contribution is -2.16. The molecule has 7 nitrogen and oxygen atoms in total. The number of halogens is 3. The van der Waals surface area contributed by atoms with Gasteiger partial charge in [0.15, 0.2) is 10.3 Å². The number of nitrogens with zero attached hydrogens (tertiary/aromatic N) is 2. The number of carbonyl (C=O) groups is 1. The molecule has 0 radical (unpaired) electrons. The van der Waals surface area contributed by atoms with Crippen LogP contribution in [0, 0.1) is 0 Å². The third kappa shape index (κ3) is 6.33. The highest BCUT2D eigenvalue weighted by atomic mass is 32.1. The molecule has 4 rings (SSSR count). The number of thiazole rings is 2. The fourth-order valence-corrected chi connectivity index (χ4v) is 4.49. The van der Waals surface area contributed by atoms with E-state index in [-0.39, 0.29) is 18.1 Å². The number of aromatic nitrogens is 2. The van der Waals surface area contributed by atoms with Crippen molar-refractivity contribution in [3.05, 3.63) is 53.5 Å². The quantitative estimate of drug-likeness (QED) is 0.314. The molecule has 0 fully saturated rings. The highest BCUT2D eigenvalue weighted by molar-refractivity contribution is 7.22. The first-order valence-electron chi connectivity index (χ1n) is 9.68. The Morgan fingerprint density at radius 1 is 1.06 bits per heavy atom. The standard InChI is InChI=1S/C21H17F3N4O3S2/c1-2-30-15-7-8-16-17(10-15)33-20(27-16)28-18(29)9-13-11-32-19(26-13)25-12-3-5-14(6-4-12)31-21(22,23)24/h3-8,10-11H,2,9H2,1H3,(H,25,26)(H,27,28,29). The summed E-state index contributed by atoms with van der Waals surface area (Å²) in [5.74, 6) is 0.176. The topological polar surface area (TPSA) is 85.4 Å². The molecule has 0 saturated carbocycles. The first-order valence-corrected chi connectivity index (χ1v) is 11.4. The molecule has 33 heavy (non-hydrogen) atoms. The maximum absolute atomic E-state index is 12.4. The van der Waals surface area contributed by atoms with Crippen LogP contribution in [0.5, 0.6) is 11.5 Å². The molecule has 2 aromatic carbocycles. The van der Waals surface area contributed by atoms with Crippen LogP contribution >= 0.6 is 22.7 Å². The van der Waals surface area contributed by atoms with Crippen molar-refractivity contribution in [2.24, 2.45) is 0 Å². The molecule has 2 heterocycles. The van der Waals surface area contributed by atoms with Crippen molar-refractivity contribution in [2.75, 3.05) is 17.2 Å². The summed E-state index contributed by atoms with van der Waals surface area (Å²) in [4.78, 5) is 21.2. The monoisotopic (exact) mass is 494 g/mol. The van der Waals surface area contributed by atoms with Gasteiger partial charge < -0.3 is 20.1 Å². The Morgan fingerprint density at radius 2 is 1.82 bits per heavy atom. The lowest BCUT2D eigenvalue weighted by Gasteiger charge is -2.09. The number of fused-ring (bicyclic) bond motifs is 1. The van der Waals surface area contributed by atoms with Gasteiger partial charge in [0.1, 0.15) is 11.5 Å². The molecule has 2 aromatic heterocycles. The zero-order valence-corrected chi connectivity index (χ0v) is 18.7. The molecule has 0 aliphatic rings. The number of rotatable bonds is 8. The summed E-state index contributed by atoms with van der Waals surface area (Å²) < 4.78 is 47.0. The predicted octanol–water partition coefficient (Wildman–Crippen LogP) is 5.97. The van der Waals surface area contributed by atoms with E-state index >= 15 is 0 Å². The van der Waals surface area contributed by atoms with Crippen LogP contribution in [-0.2, 0) is 11.2 Å². The molecule has 1 amide bonds. The molecule has 4 aromatic rings. The van der Waals surface area contributed by atoms with Crippen molar-refractivity contribution in [3.63, 3.8) is 0 Å². The second-order valence-electron chi connectivity index (χ2n) is 6.65. The Hall–Kier alpha value is -3.38. The number of benzene rings is 2. The molecule has 0 unspecified atom stereocenters. The highest BCUT2D eigenvalue weighted by Crippen LogP contribution is 2.30. The largest absolute Gasteiger partial charge is 0.573 e. The molecular weight excluding hydrogens is 477 g/mol. The van der Waals surface area contributed by atoms with E-state index in [1.165, 1.54) is 46.9 Å². The number of amides is 1. The number of ether oxygens (including phenoxy) is 2. The first kappa shape index (κ1) is 22.8. The first-order chi connectivity index (χ1) is 15.8. The molecule has 0 spiro atoms. The van der Waals surface area contributed by atoms with Crippen molar-refractivity contribution in [2.45, 2.75) is 19.7 Å². The summed E-state index contributed by atoms with van der Waals surface area (Å²) in [6.45, 7) is 2.47. The van der Waals surface area contributed by atoms with Crippen molar-refractivity contribution < 1.29 is 27.4 Å². The number of hydrogen-bond acceptors (Lipinski definition) is 8. The Balaban J connectivity index is 1.33. The normalized spacial score (nSPS) is 11.4. The van der Waals surface area contributed by atoms with Crippen molar-refractivity contribution in [1.29, 1.82) is 0 Å². The molecular formula is C21H17F3N4O3S2. The van der Waals surface area contributed by atoms with E-state index in [0.717, 1.165) is 16.0 Å². The fraction of sp³-hybridized carbons (Fsp3) is 0.190. The summed E-state index contributed by atoms with van der Waals surface area (Å²) in [5.41, 5.74) is 1.86. The van der Waals surface area contributed by atoms with Crippen LogP contribution < -0.4 is 20.1 Å². The maximum Gasteiger partial charge on any atom is 0.573 e. The van der Waals surface area contributed by atoms with Crippen LogP contribution in [0.25, 0.3) is 10.2 Å². The molecule has 0 saturated heterocycles. The zero-order chi connectivity index (χ0) is 23.4. The molecule has 2 N–H and O–H groups in total. The SMILES string of the molecule is CCOc1ccc2nc(NC(=O)Cc3csc(Nc4ccc(OC(F)(F)F)cc4)n3)sc2c1. The Kier molecular flexibility index (Phi) is 6.65. The van der Waals surface area contributed by atoms with Gasteiger partial charge in [-0.2, -0.15) is 0 Å². The average Bonchev–Trinajstić information content (AvgIpc) is 3.34. The molecule has 0 aliphatic carbocycles. The van der Waals surface area contributed by atoms with Gasteiger partial charge >= 0.3 is 6.36 Å². The minimum Gasteiger partial charge on any atom is -0.494 e. The summed E-state index contributed by atoms with van der Waals surface area (Å²) in [6.07, 6.45) is -4.69. The third-order valence-electron chi connectivity index (χ3n) is 4.15. The van der Waals surface area contributed by atoms with Gasteiger partial charge in [-0.25, -0.2) is 9.97 Å². The van der Waals surface area contributed by atoms with Crippen LogP contribution in [-0.4, -0.2) is 28.8 Å². The number of nitrogens with one attached hydrogen (secondary N) is 2. The van der Waals surface area contributed by atoms with Crippen LogP contribution in [0.2, 0.25) is 0 Å². The Labute approximate surface area is 194 Å². The zero-order valence-electron chi connectivity index (χ0n) is 17.1. The minimum absolute atomic E-state index is 0.0522. The summed E-state index contributed by atoms with van der Waals surface area (Å²) in [7, 11) is 0. The van der Waals surface area contributed by atoms with Crippen LogP contribution in [0.1, 0.15) is 12.6 Å². The van der Waals surface area contributed by atoms with E-state index in [1.807, 2.05) is 25.1 Å². The lowest BCUT2D eigenvalue weighted by atomic mass is 10.3. The molecule has 12 heteroatoms. The molecule has 0 bridgehead atoms. The van der Waals surface area contributed by atoms with E-state index in [1.54, 1.807) is 5.38 Å². The van der Waals surface area contributed by atoms with E-state index in [2.05, 4.69) is 25.3 Å². The van der Waals surface area contributed by atoms with Crippen LogP contribution in [0.4, 0.5) is 29.1 Å². The lowest BCUT2D eigenvalue weighted by molar-refractivity contribution is -0.274. The van der Waals surface area contributed by atoms with Crippen LogP contribution in [0.15, 0.2) is 47.8 Å². The molecule has 0 atom stereocenters. The average molecular weight is 495 g/mol. The number of anilines is 3. The summed E-state index contributed by atoms with van der Waals surface area (Å²) in [6, 6.07) is 10.8. The summed E-state index contributed by atoms with van der Waals surface area (Å²) in [5, 5.41) is 8.49. The van der Waals surface area contributed by atoms with Gasteiger partial charge in [-0.3, -0.25) is 4.79 Å². The van der Waals surface area contributed by atoms with Crippen molar-refractivity contribution >= 4 is 54.7 Å². The fourth-order valence-electron chi connectivity index (χ4n) is 2.85. The van der Waals surface area contributed by atoms with E-state index in [9.17, 15) is 18.0 Å². The third-order valence-corrected chi connectivity index (χ3v) is 5.89. The number of hydrogen-bond donors (Lipinski definition) is 2. The van der Waals surface area contributed by atoms with Gasteiger partial charge in [-0.05, 0) is 49.4 Å². The second kappa shape index (κ2) is 9.63. The Bertz CT molecular complexity index is 1260. The van der Waals surface area contributed by atoms with Gasteiger partial charge in [-0.15, -0.1) is 24.5 Å². The predicted molar refractivity (Wildman–Crippen MR) is 122 cm³/mol. The smallest absolute Gasteiger partial charge is 0.494 e. The maximum atomic E-state index is 12.4. The highest BCUT2D eigenvalue weighted by Gasteiger charge is 2.30. The molecule has 0 aliphatic heterocycles.